The van der Waals surface area contributed by atoms with Crippen LogP contribution in [0.2, 0.25) is 0 Å². The maximum atomic E-state index is 12.5. The minimum atomic E-state index is -3.11. The highest BCUT2D eigenvalue weighted by Crippen LogP contribution is 2.36. The van der Waals surface area contributed by atoms with Gasteiger partial charge in [-0.25, -0.2) is 8.42 Å². The van der Waals surface area contributed by atoms with Crippen LogP contribution >= 0.6 is 0 Å². The molecular weight excluding hydrogens is 258 g/mol. The molecule has 19 heavy (non-hydrogen) atoms. The van der Waals surface area contributed by atoms with Gasteiger partial charge in [-0.15, -0.1) is 0 Å². The molecule has 0 bridgehead atoms. The molecule has 110 valence electrons. The molecule has 0 heterocycles. The molecular formula is C15H27NO2S. The van der Waals surface area contributed by atoms with Crippen LogP contribution in [0.5, 0.6) is 0 Å². The molecule has 1 rings (SSSR count). The first-order valence-corrected chi connectivity index (χ1v) is 9.23. The molecule has 1 aliphatic rings. The molecule has 0 aliphatic heterocycles. The van der Waals surface area contributed by atoms with Gasteiger partial charge in [0.25, 0.3) is 0 Å². The van der Waals surface area contributed by atoms with E-state index in [0.29, 0.717) is 24.7 Å². The van der Waals surface area contributed by atoms with E-state index in [0.717, 1.165) is 25.7 Å². The molecule has 0 N–H and O–H groups in total. The second-order valence-electron chi connectivity index (χ2n) is 6.29. The molecule has 1 fully saturated rings. The zero-order valence-electron chi connectivity index (χ0n) is 12.4. The Morgan fingerprint density at radius 3 is 2.53 bits per heavy atom. The van der Waals surface area contributed by atoms with E-state index in [2.05, 4.69) is 13.0 Å². The third kappa shape index (κ3) is 4.80. The van der Waals surface area contributed by atoms with Crippen molar-refractivity contribution in [3.8, 4) is 6.07 Å². The van der Waals surface area contributed by atoms with E-state index in [1.54, 1.807) is 0 Å². The van der Waals surface area contributed by atoms with Crippen LogP contribution in [0.3, 0.4) is 0 Å². The van der Waals surface area contributed by atoms with E-state index in [-0.39, 0.29) is 11.7 Å². The zero-order chi connectivity index (χ0) is 14.5. The monoisotopic (exact) mass is 285 g/mol. The van der Waals surface area contributed by atoms with Gasteiger partial charge in [-0.2, -0.15) is 5.26 Å². The van der Waals surface area contributed by atoms with E-state index < -0.39 is 15.1 Å². The van der Waals surface area contributed by atoms with Crippen molar-refractivity contribution in [1.29, 1.82) is 5.26 Å². The lowest BCUT2D eigenvalue weighted by Gasteiger charge is -2.32. The molecule has 0 radical (unpaired) electrons. The highest BCUT2D eigenvalue weighted by Gasteiger charge is 2.38. The van der Waals surface area contributed by atoms with Gasteiger partial charge in [0, 0.05) is 0 Å². The predicted octanol–water partition coefficient (Wildman–Crippen LogP) is 3.56. The van der Waals surface area contributed by atoms with Crippen molar-refractivity contribution >= 4 is 9.84 Å². The second-order valence-corrected chi connectivity index (χ2v) is 8.63. The SMILES string of the molecule is CCCC1CCC(C#N)C(S(=O)(=O)CCC(C)C)C1. The Bertz CT molecular complexity index is 408. The smallest absolute Gasteiger partial charge is 0.154 e. The fourth-order valence-electron chi connectivity index (χ4n) is 2.98. The van der Waals surface area contributed by atoms with Crippen LogP contribution in [0.4, 0.5) is 0 Å². The number of hydrogen-bond donors (Lipinski definition) is 0. The van der Waals surface area contributed by atoms with Crippen molar-refractivity contribution in [2.45, 2.75) is 64.5 Å². The number of nitrogens with zero attached hydrogens (tertiary/aromatic N) is 1. The average Bonchev–Trinajstić information content (AvgIpc) is 2.37. The summed E-state index contributed by atoms with van der Waals surface area (Å²) in [5.41, 5.74) is 0. The van der Waals surface area contributed by atoms with Crippen LogP contribution in [-0.4, -0.2) is 19.4 Å². The van der Waals surface area contributed by atoms with Crippen molar-refractivity contribution in [2.24, 2.45) is 17.8 Å². The summed E-state index contributed by atoms with van der Waals surface area (Å²) in [6, 6.07) is 2.23. The van der Waals surface area contributed by atoms with Gasteiger partial charge in [0.2, 0.25) is 0 Å². The molecule has 0 amide bonds. The molecule has 0 aromatic rings. The topological polar surface area (TPSA) is 57.9 Å². The summed E-state index contributed by atoms with van der Waals surface area (Å²) in [7, 11) is -3.11. The van der Waals surface area contributed by atoms with Gasteiger partial charge in [-0.1, -0.05) is 33.6 Å². The lowest BCUT2D eigenvalue weighted by atomic mass is 9.80. The second kappa shape index (κ2) is 7.28. The first-order chi connectivity index (χ1) is 8.90. The summed E-state index contributed by atoms with van der Waals surface area (Å²) in [6.45, 7) is 6.22. The van der Waals surface area contributed by atoms with E-state index in [1.807, 2.05) is 13.8 Å². The Labute approximate surface area is 118 Å². The third-order valence-electron chi connectivity index (χ3n) is 4.20. The lowest BCUT2D eigenvalue weighted by Crippen LogP contribution is -2.37. The predicted molar refractivity (Wildman–Crippen MR) is 78.4 cm³/mol. The highest BCUT2D eigenvalue weighted by molar-refractivity contribution is 7.92. The van der Waals surface area contributed by atoms with E-state index in [9.17, 15) is 13.7 Å². The number of rotatable bonds is 6. The molecule has 3 atom stereocenters. The lowest BCUT2D eigenvalue weighted by molar-refractivity contribution is 0.298. The highest BCUT2D eigenvalue weighted by atomic mass is 32.2. The normalized spacial score (nSPS) is 28.3. The largest absolute Gasteiger partial charge is 0.229 e. The van der Waals surface area contributed by atoms with E-state index >= 15 is 0 Å². The van der Waals surface area contributed by atoms with Gasteiger partial charge in [0.15, 0.2) is 9.84 Å². The van der Waals surface area contributed by atoms with E-state index in [1.165, 1.54) is 0 Å². The summed E-state index contributed by atoms with van der Waals surface area (Å²) >= 11 is 0. The minimum Gasteiger partial charge on any atom is -0.229 e. The Hall–Kier alpha value is -0.560. The minimum absolute atomic E-state index is 0.242. The van der Waals surface area contributed by atoms with Crippen LogP contribution in [0.1, 0.15) is 59.3 Å². The molecule has 3 unspecified atom stereocenters. The van der Waals surface area contributed by atoms with E-state index in [4.69, 9.17) is 0 Å². The summed E-state index contributed by atoms with van der Waals surface area (Å²) in [5, 5.41) is 8.79. The van der Waals surface area contributed by atoms with Crippen LogP contribution in [0, 0.1) is 29.1 Å². The first kappa shape index (κ1) is 16.5. The number of hydrogen-bond acceptors (Lipinski definition) is 3. The van der Waals surface area contributed by atoms with Crippen molar-refractivity contribution in [2.75, 3.05) is 5.75 Å². The first-order valence-electron chi connectivity index (χ1n) is 7.51. The summed E-state index contributed by atoms with van der Waals surface area (Å²) in [6.07, 6.45) is 5.37. The zero-order valence-corrected chi connectivity index (χ0v) is 13.2. The van der Waals surface area contributed by atoms with Gasteiger partial charge >= 0.3 is 0 Å². The summed E-state index contributed by atoms with van der Waals surface area (Å²) in [4.78, 5) is 0. The van der Waals surface area contributed by atoms with Gasteiger partial charge in [-0.3, -0.25) is 0 Å². The maximum Gasteiger partial charge on any atom is 0.154 e. The molecule has 0 aromatic heterocycles. The average molecular weight is 285 g/mol. The van der Waals surface area contributed by atoms with Crippen molar-refractivity contribution in [3.05, 3.63) is 0 Å². The van der Waals surface area contributed by atoms with Crippen LogP contribution in [-0.2, 0) is 9.84 Å². The Kier molecular flexibility index (Phi) is 6.32. The quantitative estimate of drug-likeness (QED) is 0.749. The van der Waals surface area contributed by atoms with Crippen molar-refractivity contribution < 1.29 is 8.42 Å². The Morgan fingerprint density at radius 2 is 2.00 bits per heavy atom. The third-order valence-corrected chi connectivity index (χ3v) is 6.45. The Morgan fingerprint density at radius 1 is 1.32 bits per heavy atom. The number of sulfone groups is 1. The molecule has 0 spiro atoms. The number of nitriles is 1. The van der Waals surface area contributed by atoms with Gasteiger partial charge in [0.05, 0.1) is 23.0 Å². The fraction of sp³-hybridized carbons (Fsp3) is 0.933. The maximum absolute atomic E-state index is 12.5. The molecule has 1 aliphatic carbocycles. The molecule has 1 saturated carbocycles. The standard InChI is InChI=1S/C15H27NO2S/c1-4-5-13-6-7-14(11-16)15(10-13)19(17,18)9-8-12(2)3/h12-15H,4-10H2,1-3H3. The molecule has 0 saturated heterocycles. The molecule has 0 aromatic carbocycles. The summed E-state index contributed by atoms with van der Waals surface area (Å²) in [5.74, 6) is 0.843. The van der Waals surface area contributed by atoms with Gasteiger partial charge in [-0.05, 0) is 37.5 Å². The van der Waals surface area contributed by atoms with Gasteiger partial charge < -0.3 is 0 Å². The fourth-order valence-corrected chi connectivity index (χ4v) is 5.34. The van der Waals surface area contributed by atoms with Crippen LogP contribution < -0.4 is 0 Å². The van der Waals surface area contributed by atoms with Crippen molar-refractivity contribution in [1.82, 2.24) is 0 Å². The molecule has 4 heteroatoms. The molecule has 3 nitrogen and oxygen atoms in total. The van der Waals surface area contributed by atoms with Crippen LogP contribution in [0.25, 0.3) is 0 Å². The summed E-state index contributed by atoms with van der Waals surface area (Å²) < 4.78 is 24.9. The van der Waals surface area contributed by atoms with Crippen LogP contribution in [0.15, 0.2) is 0 Å². The van der Waals surface area contributed by atoms with Gasteiger partial charge in [0.1, 0.15) is 0 Å². The Balaban J connectivity index is 2.77. The van der Waals surface area contributed by atoms with Crippen molar-refractivity contribution in [3.63, 3.8) is 0 Å².